The van der Waals surface area contributed by atoms with Gasteiger partial charge in [-0.1, -0.05) is 31.5 Å². The molecule has 4 heteroatoms. The molecule has 0 aromatic heterocycles. The number of hydrogen-bond acceptors (Lipinski definition) is 3. The highest BCUT2D eigenvalue weighted by Gasteiger charge is 2.24. The van der Waals surface area contributed by atoms with E-state index in [1.807, 2.05) is 45.0 Å². The zero-order valence-electron chi connectivity index (χ0n) is 12.0. The Hall–Kier alpha value is -1.39. The lowest BCUT2D eigenvalue weighted by molar-refractivity contribution is -0.115. The summed E-state index contributed by atoms with van der Waals surface area (Å²) >= 11 is 0. The van der Waals surface area contributed by atoms with Gasteiger partial charge in [0.1, 0.15) is 0 Å². The number of carbonyl (C=O) groups is 1. The monoisotopic (exact) mass is 264 g/mol. The number of amides is 1. The van der Waals surface area contributed by atoms with Gasteiger partial charge in [-0.15, -0.1) is 0 Å². The fourth-order valence-corrected chi connectivity index (χ4v) is 1.89. The Labute approximate surface area is 115 Å². The highest BCUT2D eigenvalue weighted by Crippen LogP contribution is 2.14. The molecule has 0 heterocycles. The van der Waals surface area contributed by atoms with Crippen molar-refractivity contribution in [3.63, 3.8) is 0 Å². The molecule has 0 radical (unpaired) electrons. The Morgan fingerprint density at radius 2 is 1.79 bits per heavy atom. The first-order valence-corrected chi connectivity index (χ1v) is 6.77. The minimum Gasteiger partial charge on any atom is -0.394 e. The van der Waals surface area contributed by atoms with Gasteiger partial charge in [0, 0.05) is 11.2 Å². The average molecular weight is 264 g/mol. The van der Waals surface area contributed by atoms with Crippen LogP contribution in [0.1, 0.15) is 32.3 Å². The molecule has 1 rings (SSSR count). The Balaban J connectivity index is 2.49. The third-order valence-corrected chi connectivity index (χ3v) is 3.62. The molecule has 1 aromatic carbocycles. The summed E-state index contributed by atoms with van der Waals surface area (Å²) in [6, 6.07) is 7.68. The quantitative estimate of drug-likeness (QED) is 0.706. The van der Waals surface area contributed by atoms with Gasteiger partial charge in [-0.2, -0.15) is 0 Å². The van der Waals surface area contributed by atoms with Crippen LogP contribution in [0, 0.1) is 6.92 Å². The van der Waals surface area contributed by atoms with Gasteiger partial charge in [-0.3, -0.25) is 4.79 Å². The highest BCUT2D eigenvalue weighted by molar-refractivity contribution is 5.92. The molecule has 0 aliphatic rings. The van der Waals surface area contributed by atoms with E-state index in [4.69, 9.17) is 0 Å². The molecule has 0 atom stereocenters. The Morgan fingerprint density at radius 3 is 2.26 bits per heavy atom. The summed E-state index contributed by atoms with van der Waals surface area (Å²) in [5.74, 6) is -0.0939. The number of aliphatic hydroxyl groups excluding tert-OH is 1. The third-order valence-electron chi connectivity index (χ3n) is 3.62. The molecule has 19 heavy (non-hydrogen) atoms. The van der Waals surface area contributed by atoms with Crippen LogP contribution in [-0.4, -0.2) is 29.7 Å². The molecule has 4 nitrogen and oxygen atoms in total. The van der Waals surface area contributed by atoms with Gasteiger partial charge in [-0.25, -0.2) is 0 Å². The Bertz CT molecular complexity index is 389. The smallest absolute Gasteiger partial charge is 0.238 e. The van der Waals surface area contributed by atoms with Crippen molar-refractivity contribution >= 4 is 11.6 Å². The minimum absolute atomic E-state index is 0.0395. The van der Waals surface area contributed by atoms with Crippen LogP contribution in [0.15, 0.2) is 24.3 Å². The van der Waals surface area contributed by atoms with E-state index in [-0.39, 0.29) is 24.6 Å². The minimum atomic E-state index is -0.357. The van der Waals surface area contributed by atoms with E-state index in [2.05, 4.69) is 10.6 Å². The van der Waals surface area contributed by atoms with E-state index < -0.39 is 0 Å². The lowest BCUT2D eigenvalue weighted by Gasteiger charge is -2.30. The Morgan fingerprint density at radius 1 is 1.21 bits per heavy atom. The number of aryl methyl sites for hydroxylation is 1. The summed E-state index contributed by atoms with van der Waals surface area (Å²) < 4.78 is 0. The molecule has 0 saturated carbocycles. The molecule has 0 saturated heterocycles. The van der Waals surface area contributed by atoms with E-state index in [1.165, 1.54) is 0 Å². The number of rotatable bonds is 7. The maximum absolute atomic E-state index is 11.8. The fraction of sp³-hybridized carbons (Fsp3) is 0.533. The van der Waals surface area contributed by atoms with Gasteiger partial charge in [-0.05, 0) is 31.9 Å². The van der Waals surface area contributed by atoms with Gasteiger partial charge in [0.05, 0.1) is 13.2 Å². The number of anilines is 1. The first-order valence-electron chi connectivity index (χ1n) is 6.77. The summed E-state index contributed by atoms with van der Waals surface area (Å²) in [4.78, 5) is 11.8. The van der Waals surface area contributed by atoms with Crippen LogP contribution in [0.4, 0.5) is 5.69 Å². The van der Waals surface area contributed by atoms with Crippen molar-refractivity contribution in [1.82, 2.24) is 5.32 Å². The van der Waals surface area contributed by atoms with E-state index in [9.17, 15) is 9.90 Å². The average Bonchev–Trinajstić information content (AvgIpc) is 2.44. The lowest BCUT2D eigenvalue weighted by atomic mass is 9.94. The van der Waals surface area contributed by atoms with E-state index in [1.54, 1.807) is 0 Å². The van der Waals surface area contributed by atoms with Crippen molar-refractivity contribution in [2.24, 2.45) is 0 Å². The molecular weight excluding hydrogens is 240 g/mol. The second kappa shape index (κ2) is 7.26. The number of hydrogen-bond donors (Lipinski definition) is 3. The van der Waals surface area contributed by atoms with Gasteiger partial charge in [0.25, 0.3) is 0 Å². The maximum Gasteiger partial charge on any atom is 0.238 e. The summed E-state index contributed by atoms with van der Waals surface area (Å²) in [7, 11) is 0. The van der Waals surface area contributed by atoms with Crippen LogP contribution in [0.2, 0.25) is 0 Å². The van der Waals surface area contributed by atoms with Crippen LogP contribution in [-0.2, 0) is 4.79 Å². The van der Waals surface area contributed by atoms with E-state index in [0.29, 0.717) is 0 Å². The third kappa shape index (κ3) is 4.65. The van der Waals surface area contributed by atoms with Gasteiger partial charge >= 0.3 is 0 Å². The number of aliphatic hydroxyl groups is 1. The van der Waals surface area contributed by atoms with Crippen LogP contribution in [0.3, 0.4) is 0 Å². The Kier molecular flexibility index (Phi) is 5.99. The van der Waals surface area contributed by atoms with Gasteiger partial charge in [0.15, 0.2) is 0 Å². The van der Waals surface area contributed by atoms with Crippen molar-refractivity contribution in [3.8, 4) is 0 Å². The summed E-state index contributed by atoms with van der Waals surface area (Å²) in [6.07, 6.45) is 1.58. The number of carbonyl (C=O) groups excluding carboxylic acids is 1. The first-order chi connectivity index (χ1) is 9.05. The zero-order chi connectivity index (χ0) is 14.3. The maximum atomic E-state index is 11.8. The molecule has 1 aromatic rings. The molecule has 1 amide bonds. The van der Waals surface area contributed by atoms with Crippen LogP contribution < -0.4 is 10.6 Å². The van der Waals surface area contributed by atoms with Crippen molar-refractivity contribution in [3.05, 3.63) is 29.8 Å². The SMILES string of the molecule is CCC(CC)(CO)NCC(=O)Nc1ccc(C)cc1. The lowest BCUT2D eigenvalue weighted by Crippen LogP contribution is -2.50. The molecule has 106 valence electrons. The number of nitrogens with one attached hydrogen (secondary N) is 2. The number of benzene rings is 1. The molecule has 0 spiro atoms. The predicted octanol–water partition coefficient (Wildman–Crippen LogP) is 2.07. The first kappa shape index (κ1) is 15.7. The van der Waals surface area contributed by atoms with E-state index >= 15 is 0 Å². The predicted molar refractivity (Wildman–Crippen MR) is 78.2 cm³/mol. The van der Waals surface area contributed by atoms with Crippen LogP contribution in [0.25, 0.3) is 0 Å². The topological polar surface area (TPSA) is 61.4 Å². The second-order valence-corrected chi connectivity index (χ2v) is 4.91. The standard InChI is InChI=1S/C15H24N2O2/c1-4-15(5-2,11-18)16-10-14(19)17-13-8-6-12(3)7-9-13/h6-9,16,18H,4-5,10-11H2,1-3H3,(H,17,19). The molecular formula is C15H24N2O2. The molecule has 0 fully saturated rings. The molecule has 0 bridgehead atoms. The molecule has 0 aliphatic heterocycles. The van der Waals surface area contributed by atoms with Gasteiger partial charge in [0.2, 0.25) is 5.91 Å². The summed E-state index contributed by atoms with van der Waals surface area (Å²) in [5.41, 5.74) is 1.59. The molecule has 0 unspecified atom stereocenters. The highest BCUT2D eigenvalue weighted by atomic mass is 16.3. The molecule has 0 aliphatic carbocycles. The zero-order valence-corrected chi connectivity index (χ0v) is 12.0. The summed E-state index contributed by atoms with van der Waals surface area (Å²) in [6.45, 7) is 6.26. The second-order valence-electron chi connectivity index (χ2n) is 4.91. The molecule has 3 N–H and O–H groups in total. The van der Waals surface area contributed by atoms with Crippen molar-refractivity contribution in [2.75, 3.05) is 18.5 Å². The van der Waals surface area contributed by atoms with Crippen molar-refractivity contribution in [1.29, 1.82) is 0 Å². The summed E-state index contributed by atoms with van der Waals surface area (Å²) in [5, 5.41) is 15.4. The van der Waals surface area contributed by atoms with Crippen molar-refractivity contribution in [2.45, 2.75) is 39.2 Å². The van der Waals surface area contributed by atoms with Crippen LogP contribution in [0.5, 0.6) is 0 Å². The van der Waals surface area contributed by atoms with Crippen LogP contribution >= 0.6 is 0 Å². The van der Waals surface area contributed by atoms with Crippen molar-refractivity contribution < 1.29 is 9.90 Å². The largest absolute Gasteiger partial charge is 0.394 e. The fourth-order valence-electron chi connectivity index (χ4n) is 1.89. The van der Waals surface area contributed by atoms with E-state index in [0.717, 1.165) is 24.1 Å². The van der Waals surface area contributed by atoms with Gasteiger partial charge < -0.3 is 15.7 Å². The normalized spacial score (nSPS) is 11.4.